The maximum absolute atomic E-state index is 12.0. The third-order valence-corrected chi connectivity index (χ3v) is 3.77. The average molecular weight is 302 g/mol. The Morgan fingerprint density at radius 2 is 2.16 bits per heavy atom. The number of nitrogens with one attached hydrogen (secondary N) is 2. The molecule has 0 fully saturated rings. The van der Waals surface area contributed by atoms with E-state index in [1.807, 2.05) is 0 Å². The van der Waals surface area contributed by atoms with Crippen molar-refractivity contribution < 1.29 is 13.2 Å². The summed E-state index contributed by atoms with van der Waals surface area (Å²) in [6.07, 6.45) is 1.41. The maximum Gasteiger partial charge on any atom is 0.242 e. The molecule has 1 rings (SSSR count). The van der Waals surface area contributed by atoms with E-state index in [4.69, 9.17) is 18.0 Å². The molecule has 0 aliphatic rings. The molecule has 1 aromatic heterocycles. The second-order valence-corrected chi connectivity index (χ2v) is 5.77. The number of rotatable bonds is 6. The van der Waals surface area contributed by atoms with Crippen LogP contribution in [0.15, 0.2) is 23.2 Å². The predicted octanol–water partition coefficient (Wildman–Crippen LogP) is -0.870. The lowest BCUT2D eigenvalue weighted by Crippen LogP contribution is -2.34. The van der Waals surface area contributed by atoms with E-state index in [0.29, 0.717) is 0 Å². The monoisotopic (exact) mass is 302 g/mol. The summed E-state index contributed by atoms with van der Waals surface area (Å²) in [7, 11) is -3.77. The van der Waals surface area contributed by atoms with Crippen LogP contribution in [0.3, 0.4) is 0 Å². The summed E-state index contributed by atoms with van der Waals surface area (Å²) in [5.41, 5.74) is 5.47. The fourth-order valence-electron chi connectivity index (χ4n) is 1.29. The van der Waals surface area contributed by atoms with E-state index in [2.05, 4.69) is 15.0 Å². The lowest BCUT2D eigenvalue weighted by atomic mass is 10.3. The fraction of sp³-hybridized carbons (Fsp3) is 0.300. The Morgan fingerprint density at radius 1 is 1.47 bits per heavy atom. The number of nitrogens with two attached hydrogens (primary N) is 1. The van der Waals surface area contributed by atoms with Crippen LogP contribution in [0.4, 0.5) is 0 Å². The van der Waals surface area contributed by atoms with Gasteiger partial charge in [-0.05, 0) is 12.1 Å². The van der Waals surface area contributed by atoms with Crippen molar-refractivity contribution in [3.8, 4) is 0 Å². The molecule has 7 nitrogen and oxygen atoms in total. The summed E-state index contributed by atoms with van der Waals surface area (Å²) in [6, 6.07) is 2.84. The van der Waals surface area contributed by atoms with Crippen LogP contribution in [-0.4, -0.2) is 37.4 Å². The Balaban J connectivity index is 2.83. The molecule has 0 aromatic carbocycles. The largest absolute Gasteiger partial charge is 0.388 e. The van der Waals surface area contributed by atoms with Gasteiger partial charge in [0.2, 0.25) is 15.9 Å². The van der Waals surface area contributed by atoms with Crippen LogP contribution in [0.25, 0.3) is 0 Å². The Kier molecular flexibility index (Phi) is 5.33. The van der Waals surface area contributed by atoms with Crippen LogP contribution < -0.4 is 15.8 Å². The number of pyridine rings is 1. The second kappa shape index (κ2) is 6.55. The standard InChI is InChI=1S/C10H14N4O3S2/c1-7(15)12-5-6-14-19(16,17)8-3-2-4-13-9(8)10(11)18/h2-4,14H,5-6H2,1H3,(H2,11,18)(H,12,15). The molecule has 0 aliphatic heterocycles. The van der Waals surface area contributed by atoms with Gasteiger partial charge in [0.1, 0.15) is 15.6 Å². The van der Waals surface area contributed by atoms with Gasteiger partial charge in [0.25, 0.3) is 0 Å². The fourth-order valence-corrected chi connectivity index (χ4v) is 2.72. The van der Waals surface area contributed by atoms with E-state index in [1.165, 1.54) is 25.3 Å². The van der Waals surface area contributed by atoms with Gasteiger partial charge in [-0.1, -0.05) is 12.2 Å². The Hall–Kier alpha value is -1.58. The molecule has 1 aromatic rings. The average Bonchev–Trinajstić information content (AvgIpc) is 2.34. The van der Waals surface area contributed by atoms with Crippen molar-refractivity contribution in [3.63, 3.8) is 0 Å². The van der Waals surface area contributed by atoms with Gasteiger partial charge in [-0.2, -0.15) is 0 Å². The van der Waals surface area contributed by atoms with Gasteiger partial charge in [0.15, 0.2) is 0 Å². The third-order valence-electron chi connectivity index (χ3n) is 2.08. The molecular formula is C10H14N4O3S2. The lowest BCUT2D eigenvalue weighted by Gasteiger charge is -2.09. The topological polar surface area (TPSA) is 114 Å². The molecule has 0 atom stereocenters. The molecule has 0 saturated carbocycles. The molecule has 19 heavy (non-hydrogen) atoms. The van der Waals surface area contributed by atoms with E-state index in [-0.39, 0.29) is 34.6 Å². The zero-order valence-corrected chi connectivity index (χ0v) is 11.8. The first kappa shape index (κ1) is 15.5. The summed E-state index contributed by atoms with van der Waals surface area (Å²) in [5, 5.41) is 2.47. The van der Waals surface area contributed by atoms with E-state index in [0.717, 1.165) is 0 Å². The summed E-state index contributed by atoms with van der Waals surface area (Å²) in [6.45, 7) is 1.60. The van der Waals surface area contributed by atoms with Crippen molar-refractivity contribution in [3.05, 3.63) is 24.0 Å². The predicted molar refractivity (Wildman–Crippen MR) is 74.0 cm³/mol. The zero-order chi connectivity index (χ0) is 14.5. The first-order valence-corrected chi connectivity index (χ1v) is 7.22. The van der Waals surface area contributed by atoms with E-state index in [1.54, 1.807) is 0 Å². The van der Waals surface area contributed by atoms with Crippen molar-refractivity contribution in [1.82, 2.24) is 15.0 Å². The second-order valence-electron chi connectivity index (χ2n) is 3.60. The molecule has 104 valence electrons. The lowest BCUT2D eigenvalue weighted by molar-refractivity contribution is -0.118. The molecule has 0 saturated heterocycles. The molecule has 0 radical (unpaired) electrons. The molecule has 0 spiro atoms. The Morgan fingerprint density at radius 3 is 2.74 bits per heavy atom. The van der Waals surface area contributed by atoms with Crippen LogP contribution in [-0.2, 0) is 14.8 Å². The molecule has 0 unspecified atom stereocenters. The number of aromatic nitrogens is 1. The first-order chi connectivity index (χ1) is 8.84. The molecule has 4 N–H and O–H groups in total. The van der Waals surface area contributed by atoms with Crippen molar-refractivity contribution in [2.24, 2.45) is 5.73 Å². The highest BCUT2D eigenvalue weighted by molar-refractivity contribution is 7.89. The van der Waals surface area contributed by atoms with Gasteiger partial charge in [-0.25, -0.2) is 13.1 Å². The van der Waals surface area contributed by atoms with E-state index >= 15 is 0 Å². The molecule has 0 bridgehead atoms. The van der Waals surface area contributed by atoms with Crippen molar-refractivity contribution in [2.45, 2.75) is 11.8 Å². The summed E-state index contributed by atoms with van der Waals surface area (Å²) in [4.78, 5) is 14.3. The van der Waals surface area contributed by atoms with Gasteiger partial charge in [0, 0.05) is 26.2 Å². The minimum Gasteiger partial charge on any atom is -0.388 e. The molecule has 0 aliphatic carbocycles. The number of nitrogens with zero attached hydrogens (tertiary/aromatic N) is 1. The van der Waals surface area contributed by atoms with Crippen molar-refractivity contribution in [2.75, 3.05) is 13.1 Å². The van der Waals surface area contributed by atoms with Crippen LogP contribution in [0.2, 0.25) is 0 Å². The number of carbonyl (C=O) groups excluding carboxylic acids is 1. The van der Waals surface area contributed by atoms with Gasteiger partial charge in [0.05, 0.1) is 0 Å². The first-order valence-electron chi connectivity index (χ1n) is 5.33. The van der Waals surface area contributed by atoms with Gasteiger partial charge >= 0.3 is 0 Å². The molecule has 1 heterocycles. The maximum atomic E-state index is 12.0. The zero-order valence-electron chi connectivity index (χ0n) is 10.2. The number of thiocarbonyl (C=S) groups is 1. The minimum atomic E-state index is -3.77. The van der Waals surface area contributed by atoms with Crippen LogP contribution in [0.5, 0.6) is 0 Å². The van der Waals surface area contributed by atoms with Crippen molar-refractivity contribution in [1.29, 1.82) is 0 Å². The molecular weight excluding hydrogens is 288 g/mol. The minimum absolute atomic E-state index is 0.0459. The summed E-state index contributed by atoms with van der Waals surface area (Å²) in [5.74, 6) is -0.232. The summed E-state index contributed by atoms with van der Waals surface area (Å²) < 4.78 is 26.4. The quantitative estimate of drug-likeness (QED) is 0.465. The van der Waals surface area contributed by atoms with E-state index < -0.39 is 10.0 Å². The molecule has 9 heteroatoms. The SMILES string of the molecule is CC(=O)NCCNS(=O)(=O)c1cccnc1C(N)=S. The van der Waals surface area contributed by atoms with E-state index in [9.17, 15) is 13.2 Å². The van der Waals surface area contributed by atoms with Gasteiger partial charge < -0.3 is 11.1 Å². The van der Waals surface area contributed by atoms with Crippen LogP contribution in [0, 0.1) is 0 Å². The highest BCUT2D eigenvalue weighted by Gasteiger charge is 2.19. The number of amides is 1. The Bertz CT molecular complexity index is 586. The number of carbonyl (C=O) groups is 1. The normalized spacial score (nSPS) is 11.0. The van der Waals surface area contributed by atoms with Crippen molar-refractivity contribution >= 4 is 33.1 Å². The van der Waals surface area contributed by atoms with Gasteiger partial charge in [-0.15, -0.1) is 0 Å². The summed E-state index contributed by atoms with van der Waals surface area (Å²) >= 11 is 4.75. The molecule has 1 amide bonds. The smallest absolute Gasteiger partial charge is 0.242 e. The van der Waals surface area contributed by atoms with Crippen LogP contribution >= 0.6 is 12.2 Å². The third kappa shape index (κ3) is 4.54. The number of hydrogen-bond donors (Lipinski definition) is 3. The Labute approximate surface area is 116 Å². The van der Waals surface area contributed by atoms with Gasteiger partial charge in [-0.3, -0.25) is 9.78 Å². The number of hydrogen-bond acceptors (Lipinski definition) is 5. The highest BCUT2D eigenvalue weighted by Crippen LogP contribution is 2.12. The highest BCUT2D eigenvalue weighted by atomic mass is 32.2. The number of sulfonamides is 1. The van der Waals surface area contributed by atoms with Crippen LogP contribution in [0.1, 0.15) is 12.6 Å².